The Morgan fingerprint density at radius 1 is 1.11 bits per heavy atom. The molecule has 1 atom stereocenters. The second kappa shape index (κ2) is 8.16. The zero-order valence-electron chi connectivity index (χ0n) is 16.2. The Kier molecular flexibility index (Phi) is 6.15. The maximum absolute atomic E-state index is 12.0. The summed E-state index contributed by atoms with van der Waals surface area (Å²) in [4.78, 5) is 23.6. The third kappa shape index (κ3) is 5.26. The molecule has 1 amide bonds. The molecule has 0 aliphatic carbocycles. The highest BCUT2D eigenvalue weighted by atomic mass is 16.6. The minimum atomic E-state index is -1.17. The van der Waals surface area contributed by atoms with Gasteiger partial charge in [-0.25, -0.2) is 9.59 Å². The molecule has 7 nitrogen and oxygen atoms in total. The molecule has 7 heteroatoms. The number of carboxylic acid groups (broad SMARTS) is 1. The van der Waals surface area contributed by atoms with E-state index in [0.29, 0.717) is 17.1 Å². The first-order valence-electron chi connectivity index (χ1n) is 8.50. The topological polar surface area (TPSA) is 94.1 Å². The predicted molar refractivity (Wildman–Crippen MR) is 102 cm³/mol. The van der Waals surface area contributed by atoms with Crippen LogP contribution in [-0.4, -0.2) is 43.0 Å². The number of ether oxygens (including phenoxy) is 3. The fourth-order valence-electron chi connectivity index (χ4n) is 2.72. The summed E-state index contributed by atoms with van der Waals surface area (Å²) in [7, 11) is 3.09. The smallest absolute Gasteiger partial charge is 0.408 e. The predicted octanol–water partition coefficient (Wildman–Crippen LogP) is 3.38. The van der Waals surface area contributed by atoms with Gasteiger partial charge in [0.25, 0.3) is 0 Å². The van der Waals surface area contributed by atoms with E-state index in [1.165, 1.54) is 7.11 Å². The average molecular weight is 375 g/mol. The van der Waals surface area contributed by atoms with Gasteiger partial charge in [0.15, 0.2) is 0 Å². The fourth-order valence-corrected chi connectivity index (χ4v) is 2.72. The van der Waals surface area contributed by atoms with E-state index in [9.17, 15) is 14.7 Å². The molecule has 0 saturated carbocycles. The summed E-state index contributed by atoms with van der Waals surface area (Å²) in [6.45, 7) is 5.13. The summed E-state index contributed by atoms with van der Waals surface area (Å²) >= 11 is 0. The highest BCUT2D eigenvalue weighted by Gasteiger charge is 2.25. The molecule has 2 aromatic rings. The van der Waals surface area contributed by atoms with Crippen LogP contribution in [0.5, 0.6) is 11.5 Å². The molecule has 2 rings (SSSR count). The molecule has 0 aliphatic heterocycles. The number of hydrogen-bond donors (Lipinski definition) is 2. The molecule has 1 unspecified atom stereocenters. The quantitative estimate of drug-likeness (QED) is 0.804. The molecular formula is C20H25NO6. The van der Waals surface area contributed by atoms with E-state index < -0.39 is 23.7 Å². The largest absolute Gasteiger partial charge is 0.496 e. The standard InChI is InChI=1S/C20H25NO6/c1-20(2,3)27-19(24)21-15(18(22)23)10-13-9-14-12(11-17(13)26-5)7-6-8-16(14)25-4/h6-9,11,15H,10H2,1-5H3,(H,21,24)(H,22,23). The van der Waals surface area contributed by atoms with Crippen LogP contribution in [0.1, 0.15) is 26.3 Å². The second-order valence-corrected chi connectivity index (χ2v) is 7.09. The molecule has 0 aliphatic rings. The number of rotatable bonds is 6. The van der Waals surface area contributed by atoms with E-state index in [1.807, 2.05) is 30.3 Å². The van der Waals surface area contributed by atoms with Gasteiger partial charge in [0, 0.05) is 11.8 Å². The molecule has 0 bridgehead atoms. The van der Waals surface area contributed by atoms with Gasteiger partial charge >= 0.3 is 12.1 Å². The molecule has 0 heterocycles. The van der Waals surface area contributed by atoms with Crippen LogP contribution in [0.3, 0.4) is 0 Å². The highest BCUT2D eigenvalue weighted by Crippen LogP contribution is 2.32. The Bertz CT molecular complexity index is 840. The molecule has 0 spiro atoms. The van der Waals surface area contributed by atoms with Crippen molar-refractivity contribution in [2.24, 2.45) is 0 Å². The minimum Gasteiger partial charge on any atom is -0.496 e. The van der Waals surface area contributed by atoms with Crippen LogP contribution in [0.2, 0.25) is 0 Å². The van der Waals surface area contributed by atoms with Gasteiger partial charge in [-0.3, -0.25) is 0 Å². The first kappa shape index (κ1) is 20.4. The molecule has 0 radical (unpaired) electrons. The Labute approximate surface area is 158 Å². The third-order valence-electron chi connectivity index (χ3n) is 3.87. The van der Waals surface area contributed by atoms with E-state index in [4.69, 9.17) is 14.2 Å². The van der Waals surface area contributed by atoms with E-state index in [0.717, 1.165) is 10.8 Å². The van der Waals surface area contributed by atoms with Crippen LogP contribution in [0.15, 0.2) is 30.3 Å². The van der Waals surface area contributed by atoms with Crippen molar-refractivity contribution in [3.05, 3.63) is 35.9 Å². The maximum Gasteiger partial charge on any atom is 0.408 e. The first-order chi connectivity index (χ1) is 12.6. The number of alkyl carbamates (subject to hydrolysis) is 1. The second-order valence-electron chi connectivity index (χ2n) is 7.09. The van der Waals surface area contributed by atoms with Gasteiger partial charge in [-0.1, -0.05) is 12.1 Å². The van der Waals surface area contributed by atoms with Crippen LogP contribution in [0.25, 0.3) is 10.8 Å². The number of carbonyl (C=O) groups is 2. The maximum atomic E-state index is 12.0. The van der Waals surface area contributed by atoms with Crippen LogP contribution in [0.4, 0.5) is 4.79 Å². The highest BCUT2D eigenvalue weighted by molar-refractivity contribution is 5.90. The molecule has 2 aromatic carbocycles. The number of fused-ring (bicyclic) bond motifs is 1. The lowest BCUT2D eigenvalue weighted by molar-refractivity contribution is -0.139. The number of carboxylic acids is 1. The SMILES string of the molecule is COc1cc2cccc(OC)c2cc1CC(NC(=O)OC(C)(C)C)C(=O)O. The van der Waals surface area contributed by atoms with Crippen molar-refractivity contribution in [3.63, 3.8) is 0 Å². The third-order valence-corrected chi connectivity index (χ3v) is 3.87. The van der Waals surface area contributed by atoms with Crippen molar-refractivity contribution in [2.45, 2.75) is 38.8 Å². The average Bonchev–Trinajstić information content (AvgIpc) is 2.58. The Morgan fingerprint density at radius 3 is 2.33 bits per heavy atom. The Morgan fingerprint density at radius 2 is 1.78 bits per heavy atom. The lowest BCUT2D eigenvalue weighted by Gasteiger charge is -2.22. The van der Waals surface area contributed by atoms with Gasteiger partial charge < -0.3 is 24.6 Å². The van der Waals surface area contributed by atoms with Gasteiger partial charge in [-0.15, -0.1) is 0 Å². The summed E-state index contributed by atoms with van der Waals surface area (Å²) in [5.74, 6) is 0.0411. The monoisotopic (exact) mass is 375 g/mol. The van der Waals surface area contributed by atoms with E-state index in [2.05, 4.69) is 5.32 Å². The van der Waals surface area contributed by atoms with E-state index in [1.54, 1.807) is 27.9 Å². The number of hydrogen-bond acceptors (Lipinski definition) is 5. The van der Waals surface area contributed by atoms with Crippen molar-refractivity contribution in [1.82, 2.24) is 5.32 Å². The Hall–Kier alpha value is -2.96. The van der Waals surface area contributed by atoms with Crippen LogP contribution >= 0.6 is 0 Å². The van der Waals surface area contributed by atoms with Gasteiger partial charge in [0.05, 0.1) is 14.2 Å². The zero-order valence-corrected chi connectivity index (χ0v) is 16.2. The lowest BCUT2D eigenvalue weighted by Crippen LogP contribution is -2.44. The normalized spacial score (nSPS) is 12.3. The first-order valence-corrected chi connectivity index (χ1v) is 8.50. The van der Waals surface area contributed by atoms with Crippen LogP contribution < -0.4 is 14.8 Å². The number of benzene rings is 2. The summed E-state index contributed by atoms with van der Waals surface area (Å²) in [6.07, 6.45) is -0.751. The van der Waals surface area contributed by atoms with Crippen molar-refractivity contribution >= 4 is 22.8 Å². The van der Waals surface area contributed by atoms with E-state index >= 15 is 0 Å². The number of amides is 1. The van der Waals surface area contributed by atoms with E-state index in [-0.39, 0.29) is 6.42 Å². The van der Waals surface area contributed by atoms with Gasteiger partial charge in [0.2, 0.25) is 0 Å². The molecule has 2 N–H and O–H groups in total. The van der Waals surface area contributed by atoms with Gasteiger partial charge in [0.1, 0.15) is 23.1 Å². The van der Waals surface area contributed by atoms with Crippen LogP contribution in [0, 0.1) is 0 Å². The number of methoxy groups -OCH3 is 2. The Balaban J connectivity index is 2.35. The van der Waals surface area contributed by atoms with Crippen molar-refractivity contribution in [1.29, 1.82) is 0 Å². The molecule has 0 aromatic heterocycles. The van der Waals surface area contributed by atoms with Crippen molar-refractivity contribution in [3.8, 4) is 11.5 Å². The summed E-state index contributed by atoms with van der Waals surface area (Å²) in [5, 5.41) is 13.7. The minimum absolute atomic E-state index is 0.0335. The van der Waals surface area contributed by atoms with Crippen molar-refractivity contribution in [2.75, 3.05) is 14.2 Å². The zero-order chi connectivity index (χ0) is 20.2. The summed E-state index contributed by atoms with van der Waals surface area (Å²) < 4.78 is 16.0. The van der Waals surface area contributed by atoms with Gasteiger partial charge in [-0.05, 0) is 49.9 Å². The molecule has 27 heavy (non-hydrogen) atoms. The van der Waals surface area contributed by atoms with Crippen molar-refractivity contribution < 1.29 is 28.9 Å². The molecule has 0 fully saturated rings. The summed E-state index contributed by atoms with van der Waals surface area (Å²) in [5.41, 5.74) is -0.0841. The molecule has 0 saturated heterocycles. The van der Waals surface area contributed by atoms with Crippen LogP contribution in [-0.2, 0) is 16.0 Å². The fraction of sp³-hybridized carbons (Fsp3) is 0.400. The molecule has 146 valence electrons. The summed E-state index contributed by atoms with van der Waals surface area (Å²) in [6, 6.07) is 8.08. The lowest BCUT2D eigenvalue weighted by atomic mass is 9.99. The number of aliphatic carboxylic acids is 1. The number of nitrogens with one attached hydrogen (secondary N) is 1. The molecular weight excluding hydrogens is 350 g/mol. The number of carbonyl (C=O) groups excluding carboxylic acids is 1. The van der Waals surface area contributed by atoms with Gasteiger partial charge in [-0.2, -0.15) is 0 Å².